The van der Waals surface area contributed by atoms with Gasteiger partial charge < -0.3 is 15.5 Å². The van der Waals surface area contributed by atoms with Gasteiger partial charge in [0.1, 0.15) is 0 Å². The number of hydrogen-bond donors (Lipinski definition) is 1. The minimum Gasteiger partial charge on any atom is -0.339 e. The number of rotatable bonds is 4. The molecule has 6 nitrogen and oxygen atoms in total. The van der Waals surface area contributed by atoms with Gasteiger partial charge in [-0.1, -0.05) is 30.3 Å². The maximum atomic E-state index is 12.7. The van der Waals surface area contributed by atoms with Crippen LogP contribution in [0.2, 0.25) is 0 Å². The molecule has 1 aromatic carbocycles. The Morgan fingerprint density at radius 3 is 2.27 bits per heavy atom. The molecule has 0 bridgehead atoms. The second-order valence-corrected chi connectivity index (χ2v) is 7.86. The summed E-state index contributed by atoms with van der Waals surface area (Å²) >= 11 is 0. The number of likely N-dealkylation sites (tertiary alicyclic amines) is 1. The molecule has 0 radical (unpaired) electrons. The summed E-state index contributed by atoms with van der Waals surface area (Å²) in [4.78, 5) is 30.8. The molecule has 0 aromatic heterocycles. The van der Waals surface area contributed by atoms with Crippen molar-refractivity contribution in [1.82, 2.24) is 14.7 Å². The predicted molar refractivity (Wildman–Crippen MR) is 99.5 cm³/mol. The zero-order valence-electron chi connectivity index (χ0n) is 15.2. The normalized spacial score (nSPS) is 27.0. The smallest absolute Gasteiger partial charge is 0.236 e. The molecule has 1 aliphatic carbocycles. The molecule has 1 saturated carbocycles. The standard InChI is InChI=1S/C20H28N4O2/c21-18-13-22(12-17(18)15-4-2-1-3-5-15)14-19(25)23-8-10-24(11-9-23)20(26)16-6-7-16/h1-5,16-18H,6-14,21H2/t17-,18+/m0/s1. The van der Waals surface area contributed by atoms with Crippen LogP contribution in [0.1, 0.15) is 24.3 Å². The SMILES string of the molecule is N[C@@H]1CN(CC(=O)N2CCN(C(=O)C3CC3)CC2)C[C@H]1c1ccccc1. The van der Waals surface area contributed by atoms with E-state index in [1.807, 2.05) is 28.0 Å². The molecule has 2 N–H and O–H groups in total. The predicted octanol–water partition coefficient (Wildman–Crippen LogP) is 0.494. The molecule has 0 unspecified atom stereocenters. The van der Waals surface area contributed by atoms with Gasteiger partial charge in [-0.25, -0.2) is 0 Å². The van der Waals surface area contributed by atoms with E-state index in [2.05, 4.69) is 17.0 Å². The van der Waals surface area contributed by atoms with Gasteiger partial charge >= 0.3 is 0 Å². The average molecular weight is 356 g/mol. The molecule has 26 heavy (non-hydrogen) atoms. The van der Waals surface area contributed by atoms with Gasteiger partial charge in [-0.3, -0.25) is 14.5 Å². The van der Waals surface area contributed by atoms with Crippen LogP contribution in [0.25, 0.3) is 0 Å². The Morgan fingerprint density at radius 2 is 1.62 bits per heavy atom. The molecule has 2 atom stereocenters. The number of hydrogen-bond acceptors (Lipinski definition) is 4. The van der Waals surface area contributed by atoms with Crippen LogP contribution < -0.4 is 5.73 Å². The summed E-state index contributed by atoms with van der Waals surface area (Å²) < 4.78 is 0. The van der Waals surface area contributed by atoms with Gasteiger partial charge in [0.15, 0.2) is 0 Å². The van der Waals surface area contributed by atoms with E-state index in [9.17, 15) is 9.59 Å². The minimum atomic E-state index is 0.0678. The second kappa shape index (κ2) is 7.37. The number of carbonyl (C=O) groups excluding carboxylic acids is 2. The fraction of sp³-hybridized carbons (Fsp3) is 0.600. The summed E-state index contributed by atoms with van der Waals surface area (Å²) in [5.74, 6) is 0.994. The van der Waals surface area contributed by atoms with Crippen LogP contribution >= 0.6 is 0 Å². The quantitative estimate of drug-likeness (QED) is 0.853. The van der Waals surface area contributed by atoms with Crippen LogP contribution in [0.5, 0.6) is 0 Å². The van der Waals surface area contributed by atoms with Crippen LogP contribution in [0.15, 0.2) is 30.3 Å². The lowest BCUT2D eigenvalue weighted by Gasteiger charge is -2.35. The maximum absolute atomic E-state index is 12.7. The first kappa shape index (κ1) is 17.5. The molecule has 2 heterocycles. The lowest BCUT2D eigenvalue weighted by atomic mass is 9.95. The molecule has 3 fully saturated rings. The van der Waals surface area contributed by atoms with E-state index in [1.54, 1.807) is 0 Å². The molecule has 2 aliphatic heterocycles. The van der Waals surface area contributed by atoms with Crippen molar-refractivity contribution < 1.29 is 9.59 Å². The fourth-order valence-corrected chi connectivity index (χ4v) is 4.15. The first-order chi connectivity index (χ1) is 12.6. The van der Waals surface area contributed by atoms with Gasteiger partial charge in [-0.15, -0.1) is 0 Å². The van der Waals surface area contributed by atoms with Crippen LogP contribution in [-0.4, -0.2) is 78.4 Å². The summed E-state index contributed by atoms with van der Waals surface area (Å²) in [5, 5.41) is 0. The van der Waals surface area contributed by atoms with Crippen molar-refractivity contribution in [2.24, 2.45) is 11.7 Å². The van der Waals surface area contributed by atoms with E-state index < -0.39 is 0 Å². The zero-order chi connectivity index (χ0) is 18.1. The average Bonchev–Trinajstić information content (AvgIpc) is 3.45. The molecule has 3 aliphatic rings. The molecule has 0 spiro atoms. The molecule has 2 amide bonds. The largest absolute Gasteiger partial charge is 0.339 e. The van der Waals surface area contributed by atoms with Crippen LogP contribution in [-0.2, 0) is 9.59 Å². The number of carbonyl (C=O) groups is 2. The Kier molecular flexibility index (Phi) is 4.96. The number of nitrogens with zero attached hydrogens (tertiary/aromatic N) is 3. The lowest BCUT2D eigenvalue weighted by Crippen LogP contribution is -2.52. The summed E-state index contributed by atoms with van der Waals surface area (Å²) in [6.45, 7) is 4.66. The highest BCUT2D eigenvalue weighted by atomic mass is 16.2. The third-order valence-corrected chi connectivity index (χ3v) is 5.90. The van der Waals surface area contributed by atoms with Crippen LogP contribution in [0.4, 0.5) is 0 Å². The van der Waals surface area contributed by atoms with Gasteiger partial charge in [0.2, 0.25) is 11.8 Å². The topological polar surface area (TPSA) is 69.9 Å². The second-order valence-electron chi connectivity index (χ2n) is 7.86. The molecule has 4 rings (SSSR count). The maximum Gasteiger partial charge on any atom is 0.236 e. The van der Waals surface area contributed by atoms with Gasteiger partial charge in [0.25, 0.3) is 0 Å². The molecule has 140 valence electrons. The Morgan fingerprint density at radius 1 is 0.962 bits per heavy atom. The fourth-order valence-electron chi connectivity index (χ4n) is 4.15. The Hall–Kier alpha value is -1.92. The van der Waals surface area contributed by atoms with E-state index in [-0.39, 0.29) is 29.7 Å². The highest BCUT2D eigenvalue weighted by molar-refractivity contribution is 5.82. The van der Waals surface area contributed by atoms with Crippen molar-refractivity contribution in [3.8, 4) is 0 Å². The number of piperazine rings is 1. The van der Waals surface area contributed by atoms with Gasteiger partial charge in [-0.05, 0) is 18.4 Å². The summed E-state index contributed by atoms with van der Waals surface area (Å²) in [6.07, 6.45) is 2.07. The van der Waals surface area contributed by atoms with Crippen LogP contribution in [0, 0.1) is 5.92 Å². The molecule has 2 saturated heterocycles. The highest BCUT2D eigenvalue weighted by Gasteiger charge is 2.36. The third-order valence-electron chi connectivity index (χ3n) is 5.90. The molecule has 1 aromatic rings. The monoisotopic (exact) mass is 356 g/mol. The van der Waals surface area contributed by atoms with Gasteiger partial charge in [-0.2, -0.15) is 0 Å². The zero-order valence-corrected chi connectivity index (χ0v) is 15.2. The molecule has 6 heteroatoms. The third kappa shape index (κ3) is 3.76. The van der Waals surface area contributed by atoms with E-state index in [4.69, 9.17) is 5.73 Å². The lowest BCUT2D eigenvalue weighted by molar-refractivity contribution is -0.140. The first-order valence-corrected chi connectivity index (χ1v) is 9.71. The molecular formula is C20H28N4O2. The van der Waals surface area contributed by atoms with E-state index in [0.29, 0.717) is 32.7 Å². The van der Waals surface area contributed by atoms with E-state index in [1.165, 1.54) is 5.56 Å². The number of amides is 2. The number of benzene rings is 1. The molecular weight excluding hydrogens is 328 g/mol. The van der Waals surface area contributed by atoms with Crippen molar-refractivity contribution in [2.45, 2.75) is 24.8 Å². The van der Waals surface area contributed by atoms with Crippen molar-refractivity contribution in [1.29, 1.82) is 0 Å². The first-order valence-electron chi connectivity index (χ1n) is 9.71. The number of nitrogens with two attached hydrogens (primary N) is 1. The van der Waals surface area contributed by atoms with E-state index in [0.717, 1.165) is 25.9 Å². The Labute approximate surface area is 154 Å². The minimum absolute atomic E-state index is 0.0678. The summed E-state index contributed by atoms with van der Waals surface area (Å²) in [7, 11) is 0. The van der Waals surface area contributed by atoms with E-state index >= 15 is 0 Å². The van der Waals surface area contributed by atoms with Crippen molar-refractivity contribution >= 4 is 11.8 Å². The van der Waals surface area contributed by atoms with Gasteiger partial charge in [0.05, 0.1) is 6.54 Å². The Balaban J connectivity index is 1.27. The Bertz CT molecular complexity index is 653. The summed E-state index contributed by atoms with van der Waals surface area (Å²) in [6, 6.07) is 10.4. The highest BCUT2D eigenvalue weighted by Crippen LogP contribution is 2.31. The van der Waals surface area contributed by atoms with Gasteiger partial charge in [0, 0.05) is 57.1 Å². The van der Waals surface area contributed by atoms with Crippen molar-refractivity contribution in [3.63, 3.8) is 0 Å². The van der Waals surface area contributed by atoms with Crippen molar-refractivity contribution in [3.05, 3.63) is 35.9 Å². The van der Waals surface area contributed by atoms with Crippen LogP contribution in [0.3, 0.4) is 0 Å². The summed E-state index contributed by atoms with van der Waals surface area (Å²) in [5.41, 5.74) is 7.58. The van der Waals surface area contributed by atoms with Crippen molar-refractivity contribution in [2.75, 3.05) is 45.8 Å².